The number of hydrogen-bond donors (Lipinski definition) is 3. The molecule has 3 rings (SSSR count). The SMILES string of the molecule is CCCC(=O)Nc1ccc(CN=C(NCC)NCC2COc3ccccc3O2)cc1.I. The summed E-state index contributed by atoms with van der Waals surface area (Å²) in [6.07, 6.45) is 1.28. The van der Waals surface area contributed by atoms with Gasteiger partial charge < -0.3 is 25.4 Å². The topological polar surface area (TPSA) is 84.0 Å². The summed E-state index contributed by atoms with van der Waals surface area (Å²) in [6, 6.07) is 15.5. The van der Waals surface area contributed by atoms with E-state index in [2.05, 4.69) is 20.9 Å². The van der Waals surface area contributed by atoms with E-state index in [-0.39, 0.29) is 36.0 Å². The summed E-state index contributed by atoms with van der Waals surface area (Å²) in [7, 11) is 0. The van der Waals surface area contributed by atoms with E-state index in [1.54, 1.807) is 0 Å². The van der Waals surface area contributed by atoms with Crippen molar-refractivity contribution < 1.29 is 14.3 Å². The van der Waals surface area contributed by atoms with E-state index in [4.69, 9.17) is 9.47 Å². The van der Waals surface area contributed by atoms with Crippen molar-refractivity contribution in [1.29, 1.82) is 0 Å². The van der Waals surface area contributed by atoms with Crippen LogP contribution < -0.4 is 25.4 Å². The van der Waals surface area contributed by atoms with E-state index in [1.165, 1.54) is 0 Å². The molecule has 0 radical (unpaired) electrons. The van der Waals surface area contributed by atoms with Crippen molar-refractivity contribution in [2.24, 2.45) is 4.99 Å². The highest BCUT2D eigenvalue weighted by atomic mass is 127. The maximum absolute atomic E-state index is 11.7. The zero-order valence-electron chi connectivity index (χ0n) is 18.0. The molecule has 31 heavy (non-hydrogen) atoms. The van der Waals surface area contributed by atoms with Gasteiger partial charge in [-0.2, -0.15) is 0 Å². The first-order valence-corrected chi connectivity index (χ1v) is 10.5. The third kappa shape index (κ3) is 7.93. The fourth-order valence-electron chi connectivity index (χ4n) is 3.03. The number of carbonyl (C=O) groups is 1. The molecule has 0 fully saturated rings. The third-order valence-corrected chi connectivity index (χ3v) is 4.54. The van der Waals surface area contributed by atoms with Crippen LogP contribution >= 0.6 is 24.0 Å². The van der Waals surface area contributed by atoms with E-state index in [1.807, 2.05) is 62.4 Å². The number of para-hydroxylation sites is 2. The number of benzene rings is 2. The molecule has 7 nitrogen and oxygen atoms in total. The van der Waals surface area contributed by atoms with Gasteiger partial charge in [0.15, 0.2) is 17.5 Å². The van der Waals surface area contributed by atoms with Crippen LogP contribution in [0.4, 0.5) is 5.69 Å². The Morgan fingerprint density at radius 1 is 1.06 bits per heavy atom. The van der Waals surface area contributed by atoms with Gasteiger partial charge in [0.2, 0.25) is 5.91 Å². The quantitative estimate of drug-likeness (QED) is 0.270. The van der Waals surface area contributed by atoms with Gasteiger partial charge >= 0.3 is 0 Å². The molecule has 1 unspecified atom stereocenters. The van der Waals surface area contributed by atoms with Crippen LogP contribution in [-0.4, -0.2) is 37.7 Å². The highest BCUT2D eigenvalue weighted by molar-refractivity contribution is 14.0. The van der Waals surface area contributed by atoms with Crippen LogP contribution in [0.25, 0.3) is 0 Å². The molecule has 0 aromatic heterocycles. The van der Waals surface area contributed by atoms with Gasteiger partial charge in [-0.15, -0.1) is 24.0 Å². The zero-order valence-corrected chi connectivity index (χ0v) is 20.3. The zero-order chi connectivity index (χ0) is 21.2. The minimum atomic E-state index is -0.0882. The van der Waals surface area contributed by atoms with Crippen molar-refractivity contribution in [1.82, 2.24) is 10.6 Å². The number of nitrogens with one attached hydrogen (secondary N) is 3. The fourth-order valence-corrected chi connectivity index (χ4v) is 3.03. The second kappa shape index (κ2) is 13.0. The van der Waals surface area contributed by atoms with Gasteiger partial charge in [0.25, 0.3) is 0 Å². The number of aliphatic imine (C=N–C) groups is 1. The van der Waals surface area contributed by atoms with Crippen molar-refractivity contribution in [2.45, 2.75) is 39.3 Å². The largest absolute Gasteiger partial charge is 0.486 e. The van der Waals surface area contributed by atoms with Gasteiger partial charge in [0, 0.05) is 18.7 Å². The number of halogens is 1. The van der Waals surface area contributed by atoms with E-state index in [0.29, 0.717) is 26.1 Å². The molecule has 2 aromatic carbocycles. The van der Waals surface area contributed by atoms with Gasteiger partial charge in [-0.1, -0.05) is 31.2 Å². The minimum Gasteiger partial charge on any atom is -0.486 e. The highest BCUT2D eigenvalue weighted by Gasteiger charge is 2.20. The van der Waals surface area contributed by atoms with Crippen LogP contribution in [0.5, 0.6) is 11.5 Å². The molecule has 0 saturated carbocycles. The number of rotatable bonds is 8. The van der Waals surface area contributed by atoms with Crippen LogP contribution in [0.15, 0.2) is 53.5 Å². The fraction of sp³-hybridized carbons (Fsp3) is 0.391. The number of ether oxygens (including phenoxy) is 2. The molecule has 0 bridgehead atoms. The Bertz CT molecular complexity index is 858. The molecule has 168 valence electrons. The highest BCUT2D eigenvalue weighted by Crippen LogP contribution is 2.30. The molecule has 3 N–H and O–H groups in total. The van der Waals surface area contributed by atoms with Crippen molar-refractivity contribution in [3.8, 4) is 11.5 Å². The summed E-state index contributed by atoms with van der Waals surface area (Å²) in [5, 5.41) is 9.46. The van der Waals surface area contributed by atoms with E-state index >= 15 is 0 Å². The van der Waals surface area contributed by atoms with Crippen LogP contribution in [0.1, 0.15) is 32.3 Å². The molecule has 1 heterocycles. The molecule has 1 atom stereocenters. The Hall–Kier alpha value is -2.49. The number of carbonyl (C=O) groups excluding carboxylic acids is 1. The van der Waals surface area contributed by atoms with Crippen LogP contribution in [0.3, 0.4) is 0 Å². The maximum Gasteiger partial charge on any atom is 0.224 e. The first-order valence-electron chi connectivity index (χ1n) is 10.5. The summed E-state index contributed by atoms with van der Waals surface area (Å²) in [5.74, 6) is 2.31. The van der Waals surface area contributed by atoms with Crippen molar-refractivity contribution in [3.63, 3.8) is 0 Å². The number of fused-ring (bicyclic) bond motifs is 1. The van der Waals surface area contributed by atoms with Gasteiger partial charge in [0.05, 0.1) is 13.1 Å². The standard InChI is InChI=1S/C23H30N4O3.HI/c1-3-7-22(28)27-18-12-10-17(11-13-18)14-25-23(24-4-2)26-15-19-16-29-20-8-5-6-9-21(20)30-19;/h5-6,8-13,19H,3-4,7,14-16H2,1-2H3,(H,27,28)(H2,24,25,26);1H. The lowest BCUT2D eigenvalue weighted by atomic mass is 10.2. The molecule has 0 spiro atoms. The van der Waals surface area contributed by atoms with E-state index in [0.717, 1.165) is 41.7 Å². The molecule has 1 aliphatic rings. The summed E-state index contributed by atoms with van der Waals surface area (Å²) < 4.78 is 11.7. The summed E-state index contributed by atoms with van der Waals surface area (Å²) in [6.45, 7) is 6.39. The Balaban J connectivity index is 0.00000341. The van der Waals surface area contributed by atoms with E-state index in [9.17, 15) is 4.79 Å². The van der Waals surface area contributed by atoms with Gasteiger partial charge in [-0.05, 0) is 43.2 Å². The molecule has 8 heteroatoms. The number of amides is 1. The van der Waals surface area contributed by atoms with Crippen molar-refractivity contribution >= 4 is 41.5 Å². The number of nitrogens with zero attached hydrogens (tertiary/aromatic N) is 1. The normalized spacial score (nSPS) is 14.9. The lowest BCUT2D eigenvalue weighted by Crippen LogP contribution is -2.45. The Morgan fingerprint density at radius 2 is 1.81 bits per heavy atom. The maximum atomic E-state index is 11.7. The summed E-state index contributed by atoms with van der Waals surface area (Å²) in [4.78, 5) is 16.3. The second-order valence-electron chi connectivity index (χ2n) is 7.07. The van der Waals surface area contributed by atoms with Crippen molar-refractivity contribution in [2.75, 3.05) is 25.0 Å². The molecular formula is C23H31IN4O3. The lowest BCUT2D eigenvalue weighted by Gasteiger charge is -2.27. The first-order chi connectivity index (χ1) is 14.7. The predicted octanol–water partition coefficient (Wildman–Crippen LogP) is 3.94. The van der Waals surface area contributed by atoms with Gasteiger partial charge in [0.1, 0.15) is 12.7 Å². The molecule has 1 aliphatic heterocycles. The molecule has 0 aliphatic carbocycles. The number of hydrogen-bond acceptors (Lipinski definition) is 4. The first kappa shape index (κ1) is 24.8. The number of guanidine groups is 1. The third-order valence-electron chi connectivity index (χ3n) is 4.54. The number of anilines is 1. The molecule has 1 amide bonds. The summed E-state index contributed by atoms with van der Waals surface area (Å²) in [5.41, 5.74) is 1.87. The van der Waals surface area contributed by atoms with E-state index < -0.39 is 0 Å². The van der Waals surface area contributed by atoms with Crippen molar-refractivity contribution in [3.05, 3.63) is 54.1 Å². The average Bonchev–Trinajstić information content (AvgIpc) is 2.76. The monoisotopic (exact) mass is 538 g/mol. The van der Waals surface area contributed by atoms with Gasteiger partial charge in [-0.3, -0.25) is 4.79 Å². The molecular weight excluding hydrogens is 507 g/mol. The average molecular weight is 538 g/mol. The van der Waals surface area contributed by atoms with Gasteiger partial charge in [-0.25, -0.2) is 4.99 Å². The molecule has 2 aromatic rings. The van der Waals surface area contributed by atoms with Crippen LogP contribution in [0.2, 0.25) is 0 Å². The smallest absolute Gasteiger partial charge is 0.224 e. The predicted molar refractivity (Wildman–Crippen MR) is 135 cm³/mol. The summed E-state index contributed by atoms with van der Waals surface area (Å²) >= 11 is 0. The Kier molecular flexibility index (Phi) is 10.4. The van der Waals surface area contributed by atoms with Crippen LogP contribution in [0, 0.1) is 0 Å². The Morgan fingerprint density at radius 3 is 2.52 bits per heavy atom. The minimum absolute atomic E-state index is 0. The Labute approximate surface area is 201 Å². The molecule has 0 saturated heterocycles. The lowest BCUT2D eigenvalue weighted by molar-refractivity contribution is -0.116. The second-order valence-corrected chi connectivity index (χ2v) is 7.07. The van der Waals surface area contributed by atoms with Crippen LogP contribution in [-0.2, 0) is 11.3 Å².